The van der Waals surface area contributed by atoms with Gasteiger partial charge in [-0.2, -0.15) is 0 Å². The minimum absolute atomic E-state index is 0.0382. The normalized spacial score (nSPS) is 17.0. The van der Waals surface area contributed by atoms with Crippen LogP contribution in [0, 0.1) is 18.8 Å². The number of nitrogens with one attached hydrogen (secondary N) is 2. The van der Waals surface area contributed by atoms with Crippen LogP contribution in [0.15, 0.2) is 71.5 Å². The highest BCUT2D eigenvalue weighted by atomic mass is 16.2. The van der Waals surface area contributed by atoms with Crippen LogP contribution in [0.5, 0.6) is 0 Å². The Labute approximate surface area is 204 Å². The number of hydrogen-bond acceptors (Lipinski definition) is 5. The van der Waals surface area contributed by atoms with Crippen molar-refractivity contribution in [3.8, 4) is 22.4 Å². The molecule has 2 aliphatic rings. The SMILES string of the molecule is CNC(=O)c1cc(-c2cc(-c3cc(NC(=O)C4C=C(C5CC5)C=NC4)ccc3C)ccn2)ccn1. The highest BCUT2D eigenvalue weighted by molar-refractivity contribution is 5.97. The minimum atomic E-state index is -0.245. The van der Waals surface area contributed by atoms with Crippen molar-refractivity contribution in [3.63, 3.8) is 0 Å². The number of carbonyl (C=O) groups is 2. The minimum Gasteiger partial charge on any atom is -0.354 e. The van der Waals surface area contributed by atoms with Gasteiger partial charge in [-0.05, 0) is 84.3 Å². The average Bonchev–Trinajstić information content (AvgIpc) is 3.75. The summed E-state index contributed by atoms with van der Waals surface area (Å²) >= 11 is 0. The Balaban J connectivity index is 1.39. The number of aryl methyl sites for hydroxylation is 1. The Morgan fingerprint density at radius 2 is 1.77 bits per heavy atom. The van der Waals surface area contributed by atoms with Crippen LogP contribution in [0.2, 0.25) is 0 Å². The molecular weight excluding hydrogens is 438 g/mol. The van der Waals surface area contributed by atoms with Crippen LogP contribution in [-0.2, 0) is 4.79 Å². The van der Waals surface area contributed by atoms with Crippen LogP contribution in [0.4, 0.5) is 5.69 Å². The molecule has 2 aromatic heterocycles. The molecule has 3 aromatic rings. The highest BCUT2D eigenvalue weighted by Crippen LogP contribution is 2.37. The van der Waals surface area contributed by atoms with E-state index in [0.29, 0.717) is 18.2 Å². The summed E-state index contributed by atoms with van der Waals surface area (Å²) in [5.74, 6) is 0.0527. The number of rotatable bonds is 6. The number of aliphatic imine (C=N–C) groups is 1. The lowest BCUT2D eigenvalue weighted by molar-refractivity contribution is -0.118. The molecule has 35 heavy (non-hydrogen) atoms. The van der Waals surface area contributed by atoms with Gasteiger partial charge in [-0.3, -0.25) is 24.5 Å². The third kappa shape index (κ3) is 5.04. The van der Waals surface area contributed by atoms with E-state index >= 15 is 0 Å². The molecule has 1 atom stereocenters. The first-order valence-electron chi connectivity index (χ1n) is 11.8. The van der Waals surface area contributed by atoms with E-state index in [1.54, 1.807) is 25.5 Å². The Hall–Kier alpha value is -4.13. The molecule has 176 valence electrons. The zero-order chi connectivity index (χ0) is 24.4. The second-order valence-corrected chi connectivity index (χ2v) is 9.00. The number of amides is 2. The van der Waals surface area contributed by atoms with Gasteiger partial charge >= 0.3 is 0 Å². The zero-order valence-corrected chi connectivity index (χ0v) is 19.8. The predicted octanol–water partition coefficient (Wildman–Crippen LogP) is 4.45. The number of benzene rings is 1. The summed E-state index contributed by atoms with van der Waals surface area (Å²) in [4.78, 5) is 38.0. The van der Waals surface area contributed by atoms with Crippen LogP contribution in [0.25, 0.3) is 22.4 Å². The van der Waals surface area contributed by atoms with Gasteiger partial charge in [0.1, 0.15) is 5.69 Å². The number of allylic oxidation sites excluding steroid dienone is 1. The fourth-order valence-corrected chi connectivity index (χ4v) is 4.26. The maximum atomic E-state index is 13.0. The largest absolute Gasteiger partial charge is 0.354 e. The lowest BCUT2D eigenvalue weighted by Crippen LogP contribution is -2.26. The van der Waals surface area contributed by atoms with Gasteiger partial charge in [-0.25, -0.2) is 0 Å². The van der Waals surface area contributed by atoms with E-state index in [-0.39, 0.29) is 17.7 Å². The Kier molecular flexibility index (Phi) is 6.23. The molecule has 5 rings (SSSR count). The third-order valence-electron chi connectivity index (χ3n) is 6.41. The summed E-state index contributed by atoms with van der Waals surface area (Å²) in [5, 5.41) is 5.67. The molecule has 7 heteroatoms. The smallest absolute Gasteiger partial charge is 0.269 e. The molecule has 2 N–H and O–H groups in total. The number of aromatic nitrogens is 2. The number of dihydropyridines is 1. The summed E-state index contributed by atoms with van der Waals surface area (Å²) < 4.78 is 0. The zero-order valence-electron chi connectivity index (χ0n) is 19.8. The van der Waals surface area contributed by atoms with Crippen molar-refractivity contribution < 1.29 is 9.59 Å². The van der Waals surface area contributed by atoms with Crippen LogP contribution in [0.3, 0.4) is 0 Å². The van der Waals surface area contributed by atoms with Crippen molar-refractivity contribution in [3.05, 3.63) is 77.8 Å². The monoisotopic (exact) mass is 465 g/mol. The third-order valence-corrected chi connectivity index (χ3v) is 6.41. The Bertz CT molecular complexity index is 1360. The molecule has 7 nitrogen and oxygen atoms in total. The number of carbonyl (C=O) groups excluding carboxylic acids is 2. The van der Waals surface area contributed by atoms with Crippen molar-refractivity contribution in [2.75, 3.05) is 18.9 Å². The van der Waals surface area contributed by atoms with Crippen molar-refractivity contribution in [1.82, 2.24) is 15.3 Å². The number of hydrogen-bond donors (Lipinski definition) is 2. The van der Waals surface area contributed by atoms with Crippen molar-refractivity contribution in [1.29, 1.82) is 0 Å². The van der Waals surface area contributed by atoms with Crippen LogP contribution in [0.1, 0.15) is 28.9 Å². The molecule has 1 aromatic carbocycles. The van der Waals surface area contributed by atoms with Crippen molar-refractivity contribution in [2.45, 2.75) is 19.8 Å². The number of anilines is 1. The second-order valence-electron chi connectivity index (χ2n) is 9.00. The van der Waals surface area contributed by atoms with Gasteiger partial charge in [0.15, 0.2) is 0 Å². The predicted molar refractivity (Wildman–Crippen MR) is 137 cm³/mol. The molecule has 1 aliphatic carbocycles. The van der Waals surface area contributed by atoms with E-state index < -0.39 is 0 Å². The summed E-state index contributed by atoms with van der Waals surface area (Å²) in [6.07, 6.45) is 9.73. The van der Waals surface area contributed by atoms with E-state index in [1.807, 2.05) is 49.5 Å². The molecule has 3 heterocycles. The average molecular weight is 466 g/mol. The first-order chi connectivity index (χ1) is 17.0. The topological polar surface area (TPSA) is 96.3 Å². The standard InChI is InChI=1S/C28H27N5O2/c1-17-3-6-23(33-27(34)22-11-21(15-30-16-22)18-4-5-18)14-24(17)19-7-9-31-25(12-19)20-8-10-32-26(13-20)28(35)29-2/h3,6-15,18,22H,4-5,16H2,1-2H3,(H,29,35)(H,33,34). The van der Waals surface area contributed by atoms with Crippen molar-refractivity contribution >= 4 is 23.7 Å². The maximum absolute atomic E-state index is 13.0. The lowest BCUT2D eigenvalue weighted by atomic mass is 9.98. The summed E-state index contributed by atoms with van der Waals surface area (Å²) in [6, 6.07) is 13.4. The molecular formula is C28H27N5O2. The van der Waals surface area contributed by atoms with Gasteiger partial charge in [0.05, 0.1) is 18.2 Å². The Morgan fingerprint density at radius 3 is 2.57 bits per heavy atom. The van der Waals surface area contributed by atoms with E-state index in [2.05, 4.69) is 31.7 Å². The fraction of sp³-hybridized carbons (Fsp3) is 0.250. The fourth-order valence-electron chi connectivity index (χ4n) is 4.26. The lowest BCUT2D eigenvalue weighted by Gasteiger charge is -2.17. The van der Waals surface area contributed by atoms with Gasteiger partial charge in [0, 0.05) is 36.9 Å². The van der Waals surface area contributed by atoms with Crippen molar-refractivity contribution in [2.24, 2.45) is 16.8 Å². The van der Waals surface area contributed by atoms with Crippen LogP contribution >= 0.6 is 0 Å². The number of pyridine rings is 2. The van der Waals surface area contributed by atoms with Gasteiger partial charge in [-0.1, -0.05) is 12.1 Å². The first-order valence-corrected chi connectivity index (χ1v) is 11.8. The van der Waals surface area contributed by atoms with Gasteiger partial charge in [0.25, 0.3) is 5.91 Å². The molecule has 0 saturated heterocycles. The van der Waals surface area contributed by atoms with E-state index in [0.717, 1.165) is 33.6 Å². The van der Waals surface area contributed by atoms with E-state index in [4.69, 9.17) is 0 Å². The maximum Gasteiger partial charge on any atom is 0.269 e. The van der Waals surface area contributed by atoms with Crippen LogP contribution < -0.4 is 10.6 Å². The molecule has 0 radical (unpaired) electrons. The van der Waals surface area contributed by atoms with Gasteiger partial charge in [0.2, 0.25) is 5.91 Å². The summed E-state index contributed by atoms with van der Waals surface area (Å²) in [5.41, 5.74) is 6.88. The first kappa shape index (κ1) is 22.7. The van der Waals surface area contributed by atoms with Gasteiger partial charge in [-0.15, -0.1) is 0 Å². The van der Waals surface area contributed by atoms with E-state index in [9.17, 15) is 9.59 Å². The highest BCUT2D eigenvalue weighted by Gasteiger charge is 2.29. The molecule has 1 saturated carbocycles. The quantitative estimate of drug-likeness (QED) is 0.562. The molecule has 0 spiro atoms. The Morgan fingerprint density at radius 1 is 0.971 bits per heavy atom. The van der Waals surface area contributed by atoms with Crippen LogP contribution in [-0.4, -0.2) is 41.6 Å². The number of nitrogens with zero attached hydrogens (tertiary/aromatic N) is 3. The van der Waals surface area contributed by atoms with Gasteiger partial charge < -0.3 is 10.6 Å². The summed E-state index contributed by atoms with van der Waals surface area (Å²) in [6.45, 7) is 2.52. The molecule has 2 amide bonds. The second kappa shape index (κ2) is 9.62. The molecule has 1 fully saturated rings. The molecule has 0 bridgehead atoms. The molecule has 1 aliphatic heterocycles. The summed E-state index contributed by atoms with van der Waals surface area (Å²) in [7, 11) is 1.58. The van der Waals surface area contributed by atoms with E-state index in [1.165, 1.54) is 18.4 Å². The molecule has 1 unspecified atom stereocenters.